The number of anilines is 1. The molecule has 0 unspecified atom stereocenters. The van der Waals surface area contributed by atoms with Gasteiger partial charge in [0.1, 0.15) is 6.04 Å². The van der Waals surface area contributed by atoms with Crippen LogP contribution < -0.4 is 5.32 Å². The molecule has 0 saturated carbocycles. The summed E-state index contributed by atoms with van der Waals surface area (Å²) in [7, 11) is 0. The van der Waals surface area contributed by atoms with Crippen LogP contribution in [0.1, 0.15) is 52.1 Å². The second-order valence-electron chi connectivity index (χ2n) is 10.6. The lowest BCUT2D eigenvalue weighted by Crippen LogP contribution is -2.45. The normalized spacial score (nSPS) is 23.1. The Kier molecular flexibility index (Phi) is 6.18. The molecule has 1 aliphatic heterocycles. The first kappa shape index (κ1) is 25.5. The Morgan fingerprint density at radius 3 is 1.74 bits per heavy atom. The third-order valence-corrected chi connectivity index (χ3v) is 9.53. The van der Waals surface area contributed by atoms with Crippen LogP contribution in [0.5, 0.6) is 0 Å². The highest BCUT2D eigenvalue weighted by atomic mass is 79.9. The van der Waals surface area contributed by atoms with Crippen molar-refractivity contribution in [1.82, 2.24) is 4.90 Å². The Morgan fingerprint density at radius 2 is 1.31 bits per heavy atom. The molecule has 3 atom stereocenters. The highest BCUT2D eigenvalue weighted by Crippen LogP contribution is 2.61. The van der Waals surface area contributed by atoms with E-state index < -0.39 is 36.4 Å². The Morgan fingerprint density at radius 1 is 0.872 bits per heavy atom. The van der Waals surface area contributed by atoms with Crippen LogP contribution in [0.3, 0.4) is 0 Å². The molecule has 198 valence electrons. The maximum absolute atomic E-state index is 13.8. The van der Waals surface area contributed by atoms with Gasteiger partial charge < -0.3 is 10.1 Å². The molecule has 7 nitrogen and oxygen atoms in total. The number of carbonyl (C=O) groups is 4. The number of rotatable bonds is 5. The minimum absolute atomic E-state index is 0.249. The topological polar surface area (TPSA) is 92.8 Å². The molecule has 39 heavy (non-hydrogen) atoms. The third-order valence-electron chi connectivity index (χ3n) is 8.28. The number of likely N-dealkylation sites (tertiary alicyclic amines) is 1. The summed E-state index contributed by atoms with van der Waals surface area (Å²) in [5.74, 6) is -3.67. The third kappa shape index (κ3) is 3.92. The lowest BCUT2D eigenvalue weighted by molar-refractivity contribution is -0.159. The predicted molar refractivity (Wildman–Crippen MR) is 148 cm³/mol. The van der Waals surface area contributed by atoms with Gasteiger partial charge in [0.05, 0.1) is 11.8 Å². The molecule has 1 saturated heterocycles. The van der Waals surface area contributed by atoms with Gasteiger partial charge in [0.25, 0.3) is 5.91 Å². The van der Waals surface area contributed by atoms with Gasteiger partial charge in [0, 0.05) is 22.0 Å². The van der Waals surface area contributed by atoms with E-state index in [1.165, 1.54) is 6.92 Å². The average Bonchev–Trinajstić information content (AvgIpc) is 3.20. The van der Waals surface area contributed by atoms with Crippen molar-refractivity contribution >= 4 is 45.3 Å². The quantitative estimate of drug-likeness (QED) is 0.341. The molecule has 0 spiro atoms. The van der Waals surface area contributed by atoms with Gasteiger partial charge in [-0.3, -0.25) is 19.3 Å². The molecule has 1 N–H and O–H groups in total. The molecule has 1 heterocycles. The average molecular weight is 587 g/mol. The van der Waals surface area contributed by atoms with Crippen molar-refractivity contribution < 1.29 is 23.9 Å². The number of amides is 3. The number of hydrogen-bond acceptors (Lipinski definition) is 5. The lowest BCUT2D eigenvalue weighted by Gasteiger charge is -2.45. The SMILES string of the molecule is Cc1cc(NC(=O)COC(=O)[C@@H](C)N2C(=O)[C@@H]3C4c5ccccc5C(c5ccccc54)[C@@H]3C2=O)cc(C)c1Br. The van der Waals surface area contributed by atoms with Crippen molar-refractivity contribution in [3.05, 3.63) is 98.5 Å². The number of esters is 1. The first-order valence-corrected chi connectivity index (χ1v) is 13.8. The van der Waals surface area contributed by atoms with Crippen molar-refractivity contribution in [2.24, 2.45) is 11.8 Å². The van der Waals surface area contributed by atoms with Crippen molar-refractivity contribution in [3.63, 3.8) is 0 Å². The van der Waals surface area contributed by atoms with Crippen LogP contribution in [0.15, 0.2) is 65.1 Å². The maximum Gasteiger partial charge on any atom is 0.329 e. The number of nitrogens with one attached hydrogen (secondary N) is 1. The molecule has 1 fully saturated rings. The van der Waals surface area contributed by atoms with Crippen molar-refractivity contribution in [2.75, 3.05) is 11.9 Å². The molecule has 0 radical (unpaired) electrons. The fraction of sp³-hybridized carbons (Fsp3) is 0.290. The number of benzene rings is 3. The molecule has 3 amide bonds. The predicted octanol–water partition coefficient (Wildman–Crippen LogP) is 4.83. The minimum Gasteiger partial charge on any atom is -0.454 e. The maximum atomic E-state index is 13.8. The summed E-state index contributed by atoms with van der Waals surface area (Å²) in [5, 5.41) is 2.73. The van der Waals surface area contributed by atoms with E-state index in [4.69, 9.17) is 4.74 Å². The molecule has 3 aromatic carbocycles. The van der Waals surface area contributed by atoms with E-state index >= 15 is 0 Å². The number of hydrogen-bond donors (Lipinski definition) is 1. The van der Waals surface area contributed by atoms with E-state index in [1.54, 1.807) is 0 Å². The van der Waals surface area contributed by atoms with E-state index in [9.17, 15) is 19.2 Å². The Bertz CT molecular complexity index is 1430. The number of halogens is 1. The molecule has 0 aromatic heterocycles. The number of carbonyl (C=O) groups excluding carboxylic acids is 4. The number of imide groups is 1. The van der Waals surface area contributed by atoms with Crippen LogP contribution in [0.4, 0.5) is 5.69 Å². The molecule has 3 aromatic rings. The second kappa shape index (κ2) is 9.45. The van der Waals surface area contributed by atoms with Crippen molar-refractivity contribution in [3.8, 4) is 0 Å². The summed E-state index contributed by atoms with van der Waals surface area (Å²) in [6.45, 7) is 4.79. The van der Waals surface area contributed by atoms with Crippen LogP contribution in [0.2, 0.25) is 0 Å². The Balaban J connectivity index is 1.20. The lowest BCUT2D eigenvalue weighted by atomic mass is 9.55. The molecule has 3 aliphatic carbocycles. The smallest absolute Gasteiger partial charge is 0.329 e. The van der Waals surface area contributed by atoms with Gasteiger partial charge in [-0.05, 0) is 66.3 Å². The molecular weight excluding hydrogens is 560 g/mol. The number of nitrogens with zero attached hydrogens (tertiary/aromatic N) is 1. The van der Waals surface area contributed by atoms with Gasteiger partial charge >= 0.3 is 5.97 Å². The summed E-state index contributed by atoms with van der Waals surface area (Å²) in [6.07, 6.45) is 0. The first-order chi connectivity index (χ1) is 18.7. The van der Waals surface area contributed by atoms with Gasteiger partial charge in [-0.25, -0.2) is 4.79 Å². The summed E-state index contributed by atoms with van der Waals surface area (Å²) in [4.78, 5) is 54.1. The van der Waals surface area contributed by atoms with Crippen LogP contribution in [-0.4, -0.2) is 41.2 Å². The van der Waals surface area contributed by atoms with E-state index in [0.29, 0.717) is 5.69 Å². The van der Waals surface area contributed by atoms with Crippen LogP contribution in [0, 0.1) is 25.7 Å². The summed E-state index contributed by atoms with van der Waals surface area (Å²) < 4.78 is 6.23. The standard InChI is InChI=1S/C31H27BrN2O5/c1-15-12-18(13-16(2)28(15)32)33-23(35)14-39-31(38)17(3)34-29(36)26-24-19-8-4-5-9-20(19)25(27(26)30(34)37)22-11-7-6-10-21(22)24/h4-13,17,24-27H,14H2,1-3H3,(H,33,35)/t17-,24?,25?,26-,27+/m1/s1. The minimum atomic E-state index is -1.15. The van der Waals surface area contributed by atoms with Crippen LogP contribution in [0.25, 0.3) is 0 Å². The van der Waals surface area contributed by atoms with E-state index in [1.807, 2.05) is 74.5 Å². The van der Waals surface area contributed by atoms with E-state index in [2.05, 4.69) is 21.2 Å². The van der Waals surface area contributed by atoms with Crippen molar-refractivity contribution in [1.29, 1.82) is 0 Å². The first-order valence-electron chi connectivity index (χ1n) is 13.0. The van der Waals surface area contributed by atoms with E-state index in [-0.39, 0.29) is 23.7 Å². The summed E-state index contributed by atoms with van der Waals surface area (Å²) >= 11 is 3.50. The number of aryl methyl sites for hydroxylation is 2. The van der Waals surface area contributed by atoms with Gasteiger partial charge in [-0.1, -0.05) is 64.5 Å². The number of ether oxygens (including phenoxy) is 1. The molecule has 4 aliphatic rings. The summed E-state index contributed by atoms with van der Waals surface area (Å²) in [6, 6.07) is 18.4. The fourth-order valence-corrected chi connectivity index (χ4v) is 6.89. The van der Waals surface area contributed by atoms with Gasteiger partial charge in [-0.2, -0.15) is 0 Å². The summed E-state index contributed by atoms with van der Waals surface area (Å²) in [5.41, 5.74) is 6.77. The van der Waals surface area contributed by atoms with Gasteiger partial charge in [-0.15, -0.1) is 0 Å². The monoisotopic (exact) mass is 586 g/mol. The van der Waals surface area contributed by atoms with Crippen LogP contribution >= 0.6 is 15.9 Å². The zero-order chi connectivity index (χ0) is 27.6. The zero-order valence-corrected chi connectivity index (χ0v) is 23.3. The highest BCUT2D eigenvalue weighted by Gasteiger charge is 2.62. The van der Waals surface area contributed by atoms with Gasteiger partial charge in [0.15, 0.2) is 6.61 Å². The second-order valence-corrected chi connectivity index (χ2v) is 11.4. The van der Waals surface area contributed by atoms with Crippen molar-refractivity contribution in [2.45, 2.75) is 38.6 Å². The molecule has 7 rings (SSSR count). The highest BCUT2D eigenvalue weighted by molar-refractivity contribution is 9.10. The largest absolute Gasteiger partial charge is 0.454 e. The molecule has 8 heteroatoms. The fourth-order valence-electron chi connectivity index (χ4n) is 6.66. The molecule has 2 bridgehead atoms. The Labute approximate surface area is 234 Å². The van der Waals surface area contributed by atoms with Gasteiger partial charge in [0.2, 0.25) is 11.8 Å². The van der Waals surface area contributed by atoms with Crippen LogP contribution in [-0.2, 0) is 23.9 Å². The molecular formula is C31H27BrN2O5. The van der Waals surface area contributed by atoms with E-state index in [0.717, 1.165) is 42.8 Å². The Hall–Kier alpha value is -3.78. The zero-order valence-electron chi connectivity index (χ0n) is 21.7.